The summed E-state index contributed by atoms with van der Waals surface area (Å²) < 4.78 is 0. The van der Waals surface area contributed by atoms with Gasteiger partial charge in [0.1, 0.15) is 0 Å². The van der Waals surface area contributed by atoms with E-state index in [1.807, 2.05) is 12.1 Å². The first kappa shape index (κ1) is 11.6. The number of nitrogens with zero attached hydrogens (tertiary/aromatic N) is 1. The Balaban J connectivity index is 1.69. The highest BCUT2D eigenvalue weighted by molar-refractivity contribution is 5.94. The van der Waals surface area contributed by atoms with Crippen LogP contribution in [0.4, 0.5) is 11.4 Å². The van der Waals surface area contributed by atoms with Crippen molar-refractivity contribution in [2.24, 2.45) is 5.92 Å². The van der Waals surface area contributed by atoms with E-state index in [0.717, 1.165) is 31.6 Å². The molecule has 1 saturated heterocycles. The molecule has 1 saturated carbocycles. The minimum absolute atomic E-state index is 0.186. The lowest BCUT2D eigenvalue weighted by molar-refractivity contribution is -0.117. The minimum atomic E-state index is 0.186. The van der Waals surface area contributed by atoms with Crippen LogP contribution in [0.25, 0.3) is 0 Å². The number of anilines is 2. The Hall–Kier alpha value is -1.51. The maximum absolute atomic E-state index is 11.7. The summed E-state index contributed by atoms with van der Waals surface area (Å²) in [5, 5.41) is 3.02. The Morgan fingerprint density at radius 2 is 1.94 bits per heavy atom. The van der Waals surface area contributed by atoms with Gasteiger partial charge in [0.2, 0.25) is 5.91 Å². The molecule has 0 radical (unpaired) electrons. The molecule has 1 aromatic rings. The number of hydrogen-bond acceptors (Lipinski definition) is 2. The average Bonchev–Trinajstić information content (AvgIpc) is 3.24. The van der Waals surface area contributed by atoms with Crippen LogP contribution >= 0.6 is 0 Å². The Kier molecular flexibility index (Phi) is 3.22. The van der Waals surface area contributed by atoms with Gasteiger partial charge in [-0.2, -0.15) is 0 Å². The molecular weight excluding hydrogens is 224 g/mol. The van der Waals surface area contributed by atoms with Crippen molar-refractivity contribution >= 4 is 17.3 Å². The van der Waals surface area contributed by atoms with E-state index in [2.05, 4.69) is 22.3 Å². The zero-order valence-corrected chi connectivity index (χ0v) is 10.7. The summed E-state index contributed by atoms with van der Waals surface area (Å²) in [5.41, 5.74) is 2.18. The zero-order chi connectivity index (χ0) is 12.4. The zero-order valence-electron chi connectivity index (χ0n) is 10.7. The van der Waals surface area contributed by atoms with E-state index in [4.69, 9.17) is 0 Å². The van der Waals surface area contributed by atoms with Crippen LogP contribution in [0.5, 0.6) is 0 Å². The third kappa shape index (κ3) is 2.66. The van der Waals surface area contributed by atoms with Gasteiger partial charge in [0.25, 0.3) is 0 Å². The van der Waals surface area contributed by atoms with Crippen LogP contribution in [0.3, 0.4) is 0 Å². The van der Waals surface area contributed by atoms with Crippen LogP contribution in [0, 0.1) is 5.92 Å². The van der Waals surface area contributed by atoms with Gasteiger partial charge >= 0.3 is 0 Å². The molecule has 2 aliphatic rings. The fourth-order valence-corrected chi connectivity index (χ4v) is 2.52. The van der Waals surface area contributed by atoms with Crippen molar-refractivity contribution in [3.05, 3.63) is 24.3 Å². The van der Waals surface area contributed by atoms with Crippen LogP contribution in [0.1, 0.15) is 32.1 Å². The van der Waals surface area contributed by atoms with Crippen LogP contribution < -0.4 is 10.2 Å². The lowest BCUT2D eigenvalue weighted by Gasteiger charge is -2.29. The summed E-state index contributed by atoms with van der Waals surface area (Å²) in [6, 6.07) is 8.25. The normalized spacial score (nSPS) is 19.7. The first-order valence-electron chi connectivity index (χ1n) is 6.99. The third-order valence-electron chi connectivity index (χ3n) is 3.78. The van der Waals surface area contributed by atoms with E-state index >= 15 is 0 Å². The Bertz CT molecular complexity index is 434. The molecule has 2 fully saturated rings. The van der Waals surface area contributed by atoms with E-state index in [9.17, 15) is 4.79 Å². The predicted octanol–water partition coefficient (Wildman–Crippen LogP) is 3.03. The number of benzene rings is 1. The van der Waals surface area contributed by atoms with Crippen molar-refractivity contribution in [1.29, 1.82) is 0 Å². The van der Waals surface area contributed by atoms with Crippen molar-refractivity contribution in [3.63, 3.8) is 0 Å². The molecule has 1 aliphatic carbocycles. The van der Waals surface area contributed by atoms with Gasteiger partial charge in [-0.1, -0.05) is 6.07 Å². The van der Waals surface area contributed by atoms with Gasteiger partial charge < -0.3 is 10.2 Å². The smallest absolute Gasteiger partial charge is 0.227 e. The van der Waals surface area contributed by atoms with Crippen LogP contribution in [-0.4, -0.2) is 19.0 Å². The van der Waals surface area contributed by atoms with Gasteiger partial charge in [-0.3, -0.25) is 4.79 Å². The Labute approximate surface area is 108 Å². The molecule has 3 heteroatoms. The topological polar surface area (TPSA) is 32.3 Å². The number of piperidine rings is 1. The number of nitrogens with one attached hydrogen (secondary N) is 1. The molecule has 0 spiro atoms. The summed E-state index contributed by atoms with van der Waals surface area (Å²) in [6.45, 7) is 2.28. The third-order valence-corrected chi connectivity index (χ3v) is 3.78. The number of carbonyl (C=O) groups excluding carboxylic acids is 1. The molecule has 0 atom stereocenters. The first-order chi connectivity index (χ1) is 8.83. The van der Waals surface area contributed by atoms with Crippen molar-refractivity contribution in [2.45, 2.75) is 32.1 Å². The minimum Gasteiger partial charge on any atom is -0.371 e. The van der Waals surface area contributed by atoms with Gasteiger partial charge in [0, 0.05) is 30.4 Å². The van der Waals surface area contributed by atoms with E-state index in [0.29, 0.717) is 0 Å². The average molecular weight is 244 g/mol. The molecule has 0 aromatic heterocycles. The molecule has 0 unspecified atom stereocenters. The van der Waals surface area contributed by atoms with E-state index in [1.165, 1.54) is 24.9 Å². The fraction of sp³-hybridized carbons (Fsp3) is 0.533. The Morgan fingerprint density at radius 1 is 1.17 bits per heavy atom. The molecule has 1 N–H and O–H groups in total. The lowest BCUT2D eigenvalue weighted by Crippen LogP contribution is -2.29. The van der Waals surface area contributed by atoms with Crippen LogP contribution in [-0.2, 0) is 4.79 Å². The number of hydrogen-bond donors (Lipinski definition) is 1. The highest BCUT2D eigenvalue weighted by Gasteiger charge is 2.29. The highest BCUT2D eigenvalue weighted by Crippen LogP contribution is 2.31. The summed E-state index contributed by atoms with van der Waals surface area (Å²) in [5.74, 6) is 0.453. The van der Waals surface area contributed by atoms with Crippen LogP contribution in [0.15, 0.2) is 24.3 Å². The number of carbonyl (C=O) groups is 1. The predicted molar refractivity (Wildman–Crippen MR) is 73.9 cm³/mol. The molecule has 3 rings (SSSR count). The number of rotatable bonds is 3. The summed E-state index contributed by atoms with van der Waals surface area (Å²) in [4.78, 5) is 14.2. The lowest BCUT2D eigenvalue weighted by atomic mass is 10.1. The number of amides is 1. The van der Waals surface area contributed by atoms with Gasteiger partial charge in [0.05, 0.1) is 0 Å². The monoisotopic (exact) mass is 244 g/mol. The second kappa shape index (κ2) is 5.01. The van der Waals surface area contributed by atoms with Gasteiger partial charge in [-0.05, 0) is 50.3 Å². The standard InChI is InChI=1S/C15H20N2O/c18-15(12-7-8-12)16-13-5-4-6-14(11-13)17-9-2-1-3-10-17/h4-6,11-12H,1-3,7-10H2,(H,16,18). The highest BCUT2D eigenvalue weighted by atomic mass is 16.2. The van der Waals surface area contributed by atoms with Gasteiger partial charge in [0.15, 0.2) is 0 Å². The second-order valence-corrected chi connectivity index (χ2v) is 5.36. The SMILES string of the molecule is O=C(Nc1cccc(N2CCCCC2)c1)C1CC1. The van der Waals surface area contributed by atoms with Crippen molar-refractivity contribution < 1.29 is 4.79 Å². The largest absolute Gasteiger partial charge is 0.371 e. The molecular formula is C15H20N2O. The van der Waals surface area contributed by atoms with Crippen LogP contribution in [0.2, 0.25) is 0 Å². The maximum atomic E-state index is 11.7. The first-order valence-corrected chi connectivity index (χ1v) is 6.99. The van der Waals surface area contributed by atoms with E-state index < -0.39 is 0 Å². The molecule has 96 valence electrons. The Morgan fingerprint density at radius 3 is 2.67 bits per heavy atom. The molecule has 1 heterocycles. The fourth-order valence-electron chi connectivity index (χ4n) is 2.52. The molecule has 18 heavy (non-hydrogen) atoms. The maximum Gasteiger partial charge on any atom is 0.227 e. The summed E-state index contributed by atoms with van der Waals surface area (Å²) >= 11 is 0. The molecule has 1 amide bonds. The van der Waals surface area contributed by atoms with Gasteiger partial charge in [-0.15, -0.1) is 0 Å². The molecule has 1 aliphatic heterocycles. The second-order valence-electron chi connectivity index (χ2n) is 5.36. The van der Waals surface area contributed by atoms with Crippen molar-refractivity contribution in [2.75, 3.05) is 23.3 Å². The molecule has 1 aromatic carbocycles. The summed E-state index contributed by atoms with van der Waals surface area (Å²) in [6.07, 6.45) is 6.00. The van der Waals surface area contributed by atoms with E-state index in [1.54, 1.807) is 0 Å². The van der Waals surface area contributed by atoms with Crippen molar-refractivity contribution in [3.8, 4) is 0 Å². The quantitative estimate of drug-likeness (QED) is 0.886. The van der Waals surface area contributed by atoms with E-state index in [-0.39, 0.29) is 11.8 Å². The summed E-state index contributed by atoms with van der Waals surface area (Å²) in [7, 11) is 0. The van der Waals surface area contributed by atoms with Crippen molar-refractivity contribution in [1.82, 2.24) is 0 Å². The molecule has 0 bridgehead atoms. The molecule has 3 nitrogen and oxygen atoms in total. The van der Waals surface area contributed by atoms with Gasteiger partial charge in [-0.25, -0.2) is 0 Å².